The predicted molar refractivity (Wildman–Crippen MR) is 88.9 cm³/mol. The molecule has 1 aliphatic heterocycles. The second kappa shape index (κ2) is 7.61. The minimum Gasteiger partial charge on any atom is -0.477 e. The number of carboxylic acids is 1. The van der Waals surface area contributed by atoms with Crippen molar-refractivity contribution >= 4 is 12.1 Å². The van der Waals surface area contributed by atoms with E-state index in [9.17, 15) is 9.59 Å². The predicted octanol–water partition coefficient (Wildman–Crippen LogP) is 2.27. The van der Waals surface area contributed by atoms with E-state index in [-0.39, 0.29) is 11.7 Å². The van der Waals surface area contributed by atoms with Crippen LogP contribution in [0.15, 0.2) is 18.3 Å². The number of hydrogen-bond donors (Lipinski definition) is 2. The molecular weight excluding hydrogens is 310 g/mol. The van der Waals surface area contributed by atoms with E-state index in [0.717, 1.165) is 24.9 Å². The SMILES string of the molecule is CC(C)(C)OC(=O)NC1CCCN(Cc2ccnc(C(=O)O)c2)C1. The Bertz CT molecular complexity index is 598. The number of rotatable bonds is 4. The van der Waals surface area contributed by atoms with E-state index < -0.39 is 17.7 Å². The van der Waals surface area contributed by atoms with E-state index in [1.165, 1.54) is 6.20 Å². The molecule has 0 aromatic carbocycles. The van der Waals surface area contributed by atoms with Gasteiger partial charge in [-0.3, -0.25) is 4.90 Å². The maximum atomic E-state index is 11.9. The normalized spacial score (nSPS) is 18.9. The number of piperidine rings is 1. The molecule has 0 bridgehead atoms. The average Bonchev–Trinajstić information content (AvgIpc) is 2.45. The van der Waals surface area contributed by atoms with Crippen LogP contribution in [-0.2, 0) is 11.3 Å². The van der Waals surface area contributed by atoms with Gasteiger partial charge >= 0.3 is 12.1 Å². The summed E-state index contributed by atoms with van der Waals surface area (Å²) in [6.07, 6.45) is 2.99. The minimum atomic E-state index is -1.03. The fraction of sp³-hybridized carbons (Fsp3) is 0.588. The first kappa shape index (κ1) is 18.2. The second-order valence-corrected chi connectivity index (χ2v) is 7.07. The summed E-state index contributed by atoms with van der Waals surface area (Å²) in [5.41, 5.74) is 0.441. The van der Waals surface area contributed by atoms with Crippen LogP contribution in [0, 0.1) is 0 Å². The monoisotopic (exact) mass is 335 g/mol. The standard InChI is InChI=1S/C17H25N3O4/c1-17(2,3)24-16(23)19-13-5-4-8-20(11-13)10-12-6-7-18-14(9-12)15(21)22/h6-7,9,13H,4-5,8,10-11H2,1-3H3,(H,19,23)(H,21,22). The van der Waals surface area contributed by atoms with Gasteiger partial charge in [0.05, 0.1) is 0 Å². The second-order valence-electron chi connectivity index (χ2n) is 7.07. The molecule has 1 amide bonds. The Morgan fingerprint density at radius 3 is 2.88 bits per heavy atom. The number of carbonyl (C=O) groups is 2. The number of aromatic nitrogens is 1. The van der Waals surface area contributed by atoms with E-state index in [1.807, 2.05) is 26.8 Å². The fourth-order valence-corrected chi connectivity index (χ4v) is 2.74. The van der Waals surface area contributed by atoms with Crippen LogP contribution in [0.25, 0.3) is 0 Å². The molecule has 1 fully saturated rings. The van der Waals surface area contributed by atoms with E-state index in [0.29, 0.717) is 13.1 Å². The topological polar surface area (TPSA) is 91.8 Å². The lowest BCUT2D eigenvalue weighted by molar-refractivity contribution is 0.0469. The molecule has 2 N–H and O–H groups in total. The Kier molecular flexibility index (Phi) is 5.77. The van der Waals surface area contributed by atoms with E-state index >= 15 is 0 Å². The first-order valence-corrected chi connectivity index (χ1v) is 8.13. The highest BCUT2D eigenvalue weighted by atomic mass is 16.6. The van der Waals surface area contributed by atoms with Gasteiger partial charge in [-0.15, -0.1) is 0 Å². The molecule has 0 spiro atoms. The van der Waals surface area contributed by atoms with Crippen LogP contribution < -0.4 is 5.32 Å². The van der Waals surface area contributed by atoms with Crippen LogP contribution in [0.4, 0.5) is 4.79 Å². The largest absolute Gasteiger partial charge is 0.477 e. The van der Waals surface area contributed by atoms with Crippen LogP contribution in [0.5, 0.6) is 0 Å². The highest BCUT2D eigenvalue weighted by molar-refractivity contribution is 5.85. The molecule has 0 saturated carbocycles. The lowest BCUT2D eigenvalue weighted by atomic mass is 10.0. The van der Waals surface area contributed by atoms with Gasteiger partial charge in [-0.25, -0.2) is 14.6 Å². The average molecular weight is 335 g/mol. The molecule has 7 heteroatoms. The maximum absolute atomic E-state index is 11.9. The Hall–Kier alpha value is -2.15. The Labute approximate surface area is 142 Å². The third-order valence-electron chi connectivity index (χ3n) is 3.68. The van der Waals surface area contributed by atoms with Crippen molar-refractivity contribution in [2.45, 2.75) is 51.8 Å². The number of hydrogen-bond acceptors (Lipinski definition) is 5. The molecule has 2 rings (SSSR count). The number of nitrogens with one attached hydrogen (secondary N) is 1. The van der Waals surface area contributed by atoms with Gasteiger partial charge in [-0.05, 0) is 57.9 Å². The molecule has 1 aromatic rings. The maximum Gasteiger partial charge on any atom is 0.407 e. The zero-order valence-electron chi connectivity index (χ0n) is 14.4. The number of ether oxygens (including phenoxy) is 1. The van der Waals surface area contributed by atoms with Crippen molar-refractivity contribution in [2.24, 2.45) is 0 Å². The summed E-state index contributed by atoms with van der Waals surface area (Å²) in [7, 11) is 0. The molecule has 7 nitrogen and oxygen atoms in total. The number of alkyl carbamates (subject to hydrolysis) is 1. The van der Waals surface area contributed by atoms with Crippen molar-refractivity contribution in [1.82, 2.24) is 15.2 Å². The molecule has 1 unspecified atom stereocenters. The van der Waals surface area contributed by atoms with Crippen molar-refractivity contribution in [1.29, 1.82) is 0 Å². The minimum absolute atomic E-state index is 0.0365. The lowest BCUT2D eigenvalue weighted by Gasteiger charge is -2.33. The van der Waals surface area contributed by atoms with Crippen molar-refractivity contribution in [3.63, 3.8) is 0 Å². The molecule has 24 heavy (non-hydrogen) atoms. The van der Waals surface area contributed by atoms with E-state index in [2.05, 4.69) is 15.2 Å². The summed E-state index contributed by atoms with van der Waals surface area (Å²) in [4.78, 5) is 28.9. The summed E-state index contributed by atoms with van der Waals surface area (Å²) in [5.74, 6) is -1.03. The van der Waals surface area contributed by atoms with Crippen LogP contribution in [0.2, 0.25) is 0 Å². The molecule has 1 aliphatic rings. The van der Waals surface area contributed by atoms with Gasteiger partial charge in [0.2, 0.25) is 0 Å². The van der Waals surface area contributed by atoms with Crippen molar-refractivity contribution in [2.75, 3.05) is 13.1 Å². The van der Waals surface area contributed by atoms with Crippen molar-refractivity contribution < 1.29 is 19.4 Å². The number of nitrogens with zero attached hydrogens (tertiary/aromatic N) is 2. The zero-order valence-corrected chi connectivity index (χ0v) is 14.4. The molecule has 2 heterocycles. The van der Waals surface area contributed by atoms with Gasteiger partial charge in [-0.2, -0.15) is 0 Å². The molecule has 0 radical (unpaired) electrons. The summed E-state index contributed by atoms with van der Waals surface area (Å²) in [6.45, 7) is 7.77. The Morgan fingerprint density at radius 1 is 1.46 bits per heavy atom. The molecule has 1 saturated heterocycles. The summed E-state index contributed by atoms with van der Waals surface area (Å²) >= 11 is 0. The van der Waals surface area contributed by atoms with Gasteiger partial charge in [0.1, 0.15) is 11.3 Å². The first-order chi connectivity index (χ1) is 11.2. The summed E-state index contributed by atoms with van der Waals surface area (Å²) < 4.78 is 5.29. The molecule has 1 aromatic heterocycles. The number of carboxylic acid groups (broad SMARTS) is 1. The van der Waals surface area contributed by atoms with Crippen LogP contribution in [-0.4, -0.2) is 51.8 Å². The lowest BCUT2D eigenvalue weighted by Crippen LogP contribution is -2.48. The quantitative estimate of drug-likeness (QED) is 0.877. The molecule has 1 atom stereocenters. The van der Waals surface area contributed by atoms with E-state index in [1.54, 1.807) is 6.07 Å². The van der Waals surface area contributed by atoms with Crippen LogP contribution in [0.1, 0.15) is 49.7 Å². The number of amides is 1. The molecule has 0 aliphatic carbocycles. The van der Waals surface area contributed by atoms with Gasteiger partial charge in [0, 0.05) is 25.3 Å². The van der Waals surface area contributed by atoms with Gasteiger partial charge in [0.25, 0.3) is 0 Å². The van der Waals surface area contributed by atoms with Crippen molar-refractivity contribution in [3.8, 4) is 0 Å². The highest BCUT2D eigenvalue weighted by Crippen LogP contribution is 2.15. The molecule has 132 valence electrons. The zero-order chi connectivity index (χ0) is 17.7. The number of aromatic carboxylic acids is 1. The van der Waals surface area contributed by atoms with Gasteiger partial charge in [-0.1, -0.05) is 0 Å². The van der Waals surface area contributed by atoms with E-state index in [4.69, 9.17) is 9.84 Å². The third kappa shape index (κ3) is 5.81. The number of likely N-dealkylation sites (tertiary alicyclic amines) is 1. The number of pyridine rings is 1. The van der Waals surface area contributed by atoms with Crippen LogP contribution >= 0.6 is 0 Å². The highest BCUT2D eigenvalue weighted by Gasteiger charge is 2.24. The Balaban J connectivity index is 1.90. The first-order valence-electron chi connectivity index (χ1n) is 8.13. The third-order valence-corrected chi connectivity index (χ3v) is 3.68. The summed E-state index contributed by atoms with van der Waals surface area (Å²) in [5, 5.41) is 11.9. The summed E-state index contributed by atoms with van der Waals surface area (Å²) in [6, 6.07) is 3.44. The number of carbonyl (C=O) groups excluding carboxylic acids is 1. The van der Waals surface area contributed by atoms with Gasteiger partial charge < -0.3 is 15.2 Å². The fourth-order valence-electron chi connectivity index (χ4n) is 2.74. The van der Waals surface area contributed by atoms with Crippen molar-refractivity contribution in [3.05, 3.63) is 29.6 Å². The van der Waals surface area contributed by atoms with Gasteiger partial charge in [0.15, 0.2) is 0 Å². The smallest absolute Gasteiger partial charge is 0.407 e. The molecular formula is C17H25N3O4. The van der Waals surface area contributed by atoms with Crippen LogP contribution in [0.3, 0.4) is 0 Å². The Morgan fingerprint density at radius 2 is 2.21 bits per heavy atom.